The summed E-state index contributed by atoms with van der Waals surface area (Å²) in [6.07, 6.45) is 3.38. The average Bonchev–Trinajstić information content (AvgIpc) is 3.00. The van der Waals surface area contributed by atoms with E-state index >= 15 is 0 Å². The van der Waals surface area contributed by atoms with E-state index in [9.17, 15) is 18.0 Å². The van der Waals surface area contributed by atoms with Crippen molar-refractivity contribution in [2.24, 2.45) is 0 Å². The van der Waals surface area contributed by atoms with Crippen LogP contribution in [0.5, 0.6) is 0 Å². The smallest absolute Gasteiger partial charge is 0.232 e. The number of carbonyl (C=O) groups is 2. The Kier molecular flexibility index (Phi) is 5.04. The second-order valence-corrected chi connectivity index (χ2v) is 9.40. The van der Waals surface area contributed by atoms with E-state index in [1.54, 1.807) is 12.1 Å². The first kappa shape index (κ1) is 19.4. The third-order valence-corrected chi connectivity index (χ3v) is 6.60. The highest BCUT2D eigenvalue weighted by atomic mass is 32.2. The Hall–Kier alpha value is -2.87. The molecule has 0 aliphatic carbocycles. The average molecular weight is 413 g/mol. The van der Waals surface area contributed by atoms with Crippen LogP contribution in [0.2, 0.25) is 0 Å². The molecular weight excluding hydrogens is 390 g/mol. The van der Waals surface area contributed by atoms with Crippen molar-refractivity contribution >= 4 is 38.9 Å². The third-order valence-electron chi connectivity index (χ3n) is 5.42. The number of aryl methyl sites for hydroxylation is 1. The molecule has 7 nitrogen and oxygen atoms in total. The maximum atomic E-state index is 12.5. The number of sulfonamides is 1. The van der Waals surface area contributed by atoms with Crippen LogP contribution in [-0.2, 0) is 26.0 Å². The first-order valence-corrected chi connectivity index (χ1v) is 11.5. The number of nitrogens with zero attached hydrogens (tertiary/aromatic N) is 1. The van der Waals surface area contributed by atoms with Gasteiger partial charge >= 0.3 is 0 Å². The number of rotatable bonds is 5. The van der Waals surface area contributed by atoms with E-state index in [1.807, 2.05) is 30.3 Å². The summed E-state index contributed by atoms with van der Waals surface area (Å²) in [6.45, 7) is 0.444. The summed E-state index contributed by atoms with van der Waals surface area (Å²) in [7, 11) is -3.36. The van der Waals surface area contributed by atoms with Crippen molar-refractivity contribution < 1.29 is 18.0 Å². The van der Waals surface area contributed by atoms with Gasteiger partial charge < -0.3 is 10.6 Å². The third kappa shape index (κ3) is 3.98. The number of anilines is 3. The molecule has 0 bridgehead atoms. The summed E-state index contributed by atoms with van der Waals surface area (Å²) in [5.74, 6) is -0.623. The molecule has 0 radical (unpaired) electrons. The first-order chi connectivity index (χ1) is 13.8. The van der Waals surface area contributed by atoms with E-state index in [-0.39, 0.29) is 24.2 Å². The predicted octanol–water partition coefficient (Wildman–Crippen LogP) is 2.85. The van der Waals surface area contributed by atoms with Crippen molar-refractivity contribution in [1.82, 2.24) is 0 Å². The van der Waals surface area contributed by atoms with Gasteiger partial charge in [-0.2, -0.15) is 0 Å². The van der Waals surface area contributed by atoms with Gasteiger partial charge in [0.2, 0.25) is 21.8 Å². The Morgan fingerprint density at radius 3 is 2.83 bits per heavy atom. The van der Waals surface area contributed by atoms with Gasteiger partial charge in [-0.1, -0.05) is 24.3 Å². The van der Waals surface area contributed by atoms with Crippen molar-refractivity contribution in [3.05, 3.63) is 53.6 Å². The molecule has 0 fully saturated rings. The van der Waals surface area contributed by atoms with Crippen LogP contribution in [0.3, 0.4) is 0 Å². The molecule has 2 aromatic rings. The highest BCUT2D eigenvalue weighted by Gasteiger charge is 2.30. The molecule has 29 heavy (non-hydrogen) atoms. The predicted molar refractivity (Wildman–Crippen MR) is 113 cm³/mol. The number of nitrogens with one attached hydrogen (secondary N) is 2. The number of hydrogen-bond acceptors (Lipinski definition) is 4. The summed E-state index contributed by atoms with van der Waals surface area (Å²) < 4.78 is 25.5. The van der Waals surface area contributed by atoms with Crippen molar-refractivity contribution in [2.75, 3.05) is 27.7 Å². The van der Waals surface area contributed by atoms with Gasteiger partial charge in [-0.3, -0.25) is 13.9 Å². The highest BCUT2D eigenvalue weighted by molar-refractivity contribution is 7.92. The molecule has 8 heteroatoms. The molecule has 152 valence electrons. The number of benzene rings is 2. The van der Waals surface area contributed by atoms with Crippen LogP contribution in [0.15, 0.2) is 42.5 Å². The molecule has 2 aliphatic rings. The van der Waals surface area contributed by atoms with Gasteiger partial charge in [-0.15, -0.1) is 0 Å². The normalized spacial score (nSPS) is 18.0. The lowest BCUT2D eigenvalue weighted by molar-refractivity contribution is -0.118. The molecule has 0 spiro atoms. The van der Waals surface area contributed by atoms with E-state index in [0.29, 0.717) is 24.3 Å². The zero-order chi connectivity index (χ0) is 20.6. The number of fused-ring (bicyclic) bond motifs is 2. The van der Waals surface area contributed by atoms with Gasteiger partial charge in [0.1, 0.15) is 0 Å². The summed E-state index contributed by atoms with van der Waals surface area (Å²) >= 11 is 0. The Labute approximate surface area is 170 Å². The molecule has 0 aromatic heterocycles. The summed E-state index contributed by atoms with van der Waals surface area (Å²) in [5, 5.41) is 5.68. The molecule has 2 aliphatic heterocycles. The van der Waals surface area contributed by atoms with Crippen LogP contribution in [-0.4, -0.2) is 33.0 Å². The van der Waals surface area contributed by atoms with E-state index in [4.69, 9.17) is 0 Å². The maximum absolute atomic E-state index is 12.5. The fourth-order valence-electron chi connectivity index (χ4n) is 4.02. The van der Waals surface area contributed by atoms with E-state index < -0.39 is 10.0 Å². The number of para-hydroxylation sites is 1. The lowest BCUT2D eigenvalue weighted by atomic mass is 9.95. The minimum absolute atomic E-state index is 0.0865. The van der Waals surface area contributed by atoms with Gasteiger partial charge in [0.15, 0.2) is 0 Å². The zero-order valence-electron chi connectivity index (χ0n) is 16.1. The van der Waals surface area contributed by atoms with Crippen molar-refractivity contribution in [2.45, 2.75) is 31.6 Å². The second-order valence-electron chi connectivity index (χ2n) is 7.50. The summed E-state index contributed by atoms with van der Waals surface area (Å²) in [5.41, 5.74) is 3.86. The Morgan fingerprint density at radius 1 is 1.24 bits per heavy atom. The van der Waals surface area contributed by atoms with E-state index in [2.05, 4.69) is 10.6 Å². The van der Waals surface area contributed by atoms with Crippen LogP contribution in [0.1, 0.15) is 36.3 Å². The Morgan fingerprint density at radius 2 is 2.03 bits per heavy atom. The Bertz CT molecular complexity index is 1080. The molecule has 2 aromatic carbocycles. The molecule has 1 atom stereocenters. The molecule has 2 amide bonds. The van der Waals surface area contributed by atoms with Crippen molar-refractivity contribution in [3.8, 4) is 0 Å². The van der Waals surface area contributed by atoms with Gasteiger partial charge in [-0.25, -0.2) is 8.42 Å². The Balaban J connectivity index is 1.44. The first-order valence-electron chi connectivity index (χ1n) is 9.63. The van der Waals surface area contributed by atoms with Gasteiger partial charge in [0, 0.05) is 24.3 Å². The maximum Gasteiger partial charge on any atom is 0.232 e. The molecule has 0 saturated heterocycles. The topological polar surface area (TPSA) is 95.6 Å². The highest BCUT2D eigenvalue weighted by Crippen LogP contribution is 2.35. The molecule has 0 unspecified atom stereocenters. The van der Waals surface area contributed by atoms with Gasteiger partial charge in [0.05, 0.1) is 17.9 Å². The minimum atomic E-state index is -3.36. The number of hydrogen-bond donors (Lipinski definition) is 2. The molecule has 2 N–H and O–H groups in total. The van der Waals surface area contributed by atoms with E-state index in [0.717, 1.165) is 29.7 Å². The van der Waals surface area contributed by atoms with Crippen LogP contribution in [0.25, 0.3) is 0 Å². The van der Waals surface area contributed by atoms with Crippen molar-refractivity contribution in [3.63, 3.8) is 0 Å². The quantitative estimate of drug-likeness (QED) is 0.788. The van der Waals surface area contributed by atoms with Crippen LogP contribution < -0.4 is 14.9 Å². The number of carbonyl (C=O) groups excluding carboxylic acids is 2. The zero-order valence-corrected chi connectivity index (χ0v) is 17.0. The largest absolute Gasteiger partial charge is 0.326 e. The monoisotopic (exact) mass is 413 g/mol. The minimum Gasteiger partial charge on any atom is -0.326 e. The molecule has 4 rings (SSSR count). The van der Waals surface area contributed by atoms with Gasteiger partial charge in [-0.05, 0) is 48.6 Å². The van der Waals surface area contributed by atoms with Crippen LogP contribution in [0, 0.1) is 0 Å². The number of amides is 2. The lowest BCUT2D eigenvalue weighted by Gasteiger charge is -2.29. The summed E-state index contributed by atoms with van der Waals surface area (Å²) in [4.78, 5) is 24.6. The fourth-order valence-corrected chi connectivity index (χ4v) is 5.01. The SMILES string of the molecule is CS(=O)(=O)N1CCCc2ccc(NC(=O)CC[C@H]3C(=O)Nc4ccccc43)cc21. The standard InChI is InChI=1S/C21H23N3O4S/c1-29(27,28)24-12-4-5-14-8-9-15(13-19(14)24)22-20(25)11-10-17-16-6-2-3-7-18(16)23-21(17)26/h2-3,6-9,13,17H,4-5,10-12H2,1H3,(H,22,25)(H,23,26)/t17-/m1/s1. The van der Waals surface area contributed by atoms with E-state index in [1.165, 1.54) is 10.6 Å². The molecule has 2 heterocycles. The molecular formula is C21H23N3O4S. The van der Waals surface area contributed by atoms with Gasteiger partial charge in [0.25, 0.3) is 0 Å². The molecule has 0 saturated carbocycles. The lowest BCUT2D eigenvalue weighted by Crippen LogP contribution is -2.34. The fraction of sp³-hybridized carbons (Fsp3) is 0.333. The summed E-state index contributed by atoms with van der Waals surface area (Å²) in [6, 6.07) is 12.9. The van der Waals surface area contributed by atoms with Crippen molar-refractivity contribution in [1.29, 1.82) is 0 Å². The second kappa shape index (κ2) is 7.51. The van der Waals surface area contributed by atoms with Crippen LogP contribution in [0.4, 0.5) is 17.1 Å². The van der Waals surface area contributed by atoms with Crippen LogP contribution >= 0.6 is 0 Å².